The molecule has 0 atom stereocenters. The van der Waals surface area contributed by atoms with E-state index in [1.807, 2.05) is 44.2 Å². The van der Waals surface area contributed by atoms with Gasteiger partial charge in [0.25, 0.3) is 5.91 Å². The van der Waals surface area contributed by atoms with Gasteiger partial charge in [0.05, 0.1) is 17.6 Å². The van der Waals surface area contributed by atoms with Crippen molar-refractivity contribution in [2.45, 2.75) is 50.0 Å². The maximum Gasteiger partial charge on any atom is 0.255 e. The Kier molecular flexibility index (Phi) is 6.83. The first-order valence-corrected chi connectivity index (χ1v) is 11.7. The number of rotatable bonds is 7. The van der Waals surface area contributed by atoms with Crippen molar-refractivity contribution in [3.05, 3.63) is 59.7 Å². The van der Waals surface area contributed by atoms with Gasteiger partial charge in [0.15, 0.2) is 0 Å². The molecule has 7 heteroatoms. The van der Waals surface area contributed by atoms with Crippen molar-refractivity contribution < 1.29 is 17.9 Å². The lowest BCUT2D eigenvalue weighted by molar-refractivity contribution is 0.0909. The van der Waals surface area contributed by atoms with Gasteiger partial charge in [-0.1, -0.05) is 36.8 Å². The van der Waals surface area contributed by atoms with Gasteiger partial charge in [-0.25, -0.2) is 8.42 Å². The molecule has 2 aromatic carbocycles. The van der Waals surface area contributed by atoms with Gasteiger partial charge < -0.3 is 10.1 Å². The van der Waals surface area contributed by atoms with E-state index in [1.165, 1.54) is 23.5 Å². The molecule has 1 amide bonds. The maximum absolute atomic E-state index is 13.1. The topological polar surface area (TPSA) is 75.7 Å². The van der Waals surface area contributed by atoms with Crippen molar-refractivity contribution in [1.29, 1.82) is 0 Å². The van der Waals surface area contributed by atoms with Gasteiger partial charge in [-0.2, -0.15) is 4.31 Å². The van der Waals surface area contributed by atoms with Gasteiger partial charge in [0.1, 0.15) is 5.75 Å². The van der Waals surface area contributed by atoms with E-state index in [1.54, 1.807) is 6.07 Å². The van der Waals surface area contributed by atoms with Gasteiger partial charge in [-0.3, -0.25) is 4.79 Å². The fraction of sp³-hybridized carbons (Fsp3) is 0.435. The minimum atomic E-state index is -3.64. The lowest BCUT2D eigenvalue weighted by Gasteiger charge is -2.28. The fourth-order valence-electron chi connectivity index (χ4n) is 3.80. The van der Waals surface area contributed by atoms with Crippen LogP contribution in [0.5, 0.6) is 5.75 Å². The number of methoxy groups -OCH3 is 1. The molecule has 162 valence electrons. The van der Waals surface area contributed by atoms with Gasteiger partial charge in [0, 0.05) is 18.6 Å². The van der Waals surface area contributed by atoms with Crippen LogP contribution in [0.2, 0.25) is 0 Å². The smallest absolute Gasteiger partial charge is 0.255 e. The molecule has 1 saturated heterocycles. The van der Waals surface area contributed by atoms with Gasteiger partial charge >= 0.3 is 0 Å². The summed E-state index contributed by atoms with van der Waals surface area (Å²) in [5.41, 5.74) is 0.804. The molecule has 0 bridgehead atoms. The molecular weight excluding hydrogens is 400 g/mol. The molecule has 2 aromatic rings. The first-order valence-electron chi connectivity index (χ1n) is 10.3. The standard InChI is InChI=1S/C23H30N2O4S/c1-23(2,17-18-10-6-4-7-11-18)24-22(26)20-16-19(12-13-21(20)29-3)30(27,28)25-14-8-5-9-15-25/h4,6-7,10-13,16H,5,8-9,14-15,17H2,1-3H3,(H,24,26). The number of amides is 1. The SMILES string of the molecule is COc1ccc(S(=O)(=O)N2CCCCC2)cc1C(=O)NC(C)(C)Cc1ccccc1. The Balaban J connectivity index is 1.85. The van der Waals surface area contributed by atoms with Crippen LogP contribution in [0.4, 0.5) is 0 Å². The molecule has 0 spiro atoms. The lowest BCUT2D eigenvalue weighted by atomic mass is 9.94. The number of carbonyl (C=O) groups excluding carboxylic acids is 1. The van der Waals surface area contributed by atoms with Crippen LogP contribution < -0.4 is 10.1 Å². The van der Waals surface area contributed by atoms with E-state index in [-0.39, 0.29) is 16.4 Å². The summed E-state index contributed by atoms with van der Waals surface area (Å²) in [4.78, 5) is 13.2. The Labute approximate surface area is 179 Å². The molecule has 1 aliphatic rings. The Bertz CT molecular complexity index is 982. The van der Waals surface area contributed by atoms with Crippen molar-refractivity contribution >= 4 is 15.9 Å². The summed E-state index contributed by atoms with van der Waals surface area (Å²) in [7, 11) is -2.17. The number of ether oxygens (including phenoxy) is 1. The van der Waals surface area contributed by atoms with Crippen molar-refractivity contribution in [2.24, 2.45) is 0 Å². The number of piperidine rings is 1. The normalized spacial score (nSPS) is 15.6. The van der Waals surface area contributed by atoms with Gasteiger partial charge in [-0.05, 0) is 56.9 Å². The second-order valence-corrected chi connectivity index (χ2v) is 10.3. The highest BCUT2D eigenvalue weighted by Gasteiger charge is 2.29. The minimum absolute atomic E-state index is 0.121. The molecule has 6 nitrogen and oxygen atoms in total. The average molecular weight is 431 g/mol. The number of nitrogens with one attached hydrogen (secondary N) is 1. The molecule has 0 unspecified atom stereocenters. The predicted octanol–water partition coefficient (Wildman–Crippen LogP) is 3.62. The number of carbonyl (C=O) groups is 1. The third-order valence-corrected chi connectivity index (χ3v) is 7.20. The molecule has 3 rings (SSSR count). The highest BCUT2D eigenvalue weighted by Crippen LogP contribution is 2.27. The third-order valence-electron chi connectivity index (χ3n) is 5.31. The molecule has 30 heavy (non-hydrogen) atoms. The van der Waals surface area contributed by atoms with Crippen LogP contribution >= 0.6 is 0 Å². The van der Waals surface area contributed by atoms with Gasteiger partial charge in [-0.15, -0.1) is 0 Å². The molecule has 0 saturated carbocycles. The first kappa shape index (κ1) is 22.3. The van der Waals surface area contributed by atoms with E-state index in [4.69, 9.17) is 4.74 Å². The Morgan fingerprint density at radius 3 is 2.37 bits per heavy atom. The number of hydrogen-bond acceptors (Lipinski definition) is 4. The monoisotopic (exact) mass is 430 g/mol. The molecular formula is C23H30N2O4S. The van der Waals surface area contributed by atoms with Crippen LogP contribution in [-0.2, 0) is 16.4 Å². The molecule has 0 aliphatic carbocycles. The highest BCUT2D eigenvalue weighted by molar-refractivity contribution is 7.89. The summed E-state index contributed by atoms with van der Waals surface area (Å²) in [6.07, 6.45) is 3.40. The van der Waals surface area contributed by atoms with E-state index >= 15 is 0 Å². The van der Waals surface area contributed by atoms with E-state index in [0.29, 0.717) is 25.3 Å². The van der Waals surface area contributed by atoms with Crippen LogP contribution in [0, 0.1) is 0 Å². The largest absolute Gasteiger partial charge is 0.496 e. The molecule has 1 aliphatic heterocycles. The summed E-state index contributed by atoms with van der Waals surface area (Å²) in [6, 6.07) is 14.4. The summed E-state index contributed by atoms with van der Waals surface area (Å²) < 4.78 is 32.9. The van der Waals surface area contributed by atoms with Gasteiger partial charge in [0.2, 0.25) is 10.0 Å². The zero-order valence-corrected chi connectivity index (χ0v) is 18.7. The molecule has 1 fully saturated rings. The van der Waals surface area contributed by atoms with Crippen LogP contribution in [0.15, 0.2) is 53.4 Å². The summed E-state index contributed by atoms with van der Waals surface area (Å²) in [6.45, 7) is 4.91. The van der Waals surface area contributed by atoms with Crippen molar-refractivity contribution in [3.63, 3.8) is 0 Å². The maximum atomic E-state index is 13.1. The zero-order chi connectivity index (χ0) is 21.8. The van der Waals surface area contributed by atoms with Crippen LogP contribution in [0.1, 0.15) is 49.0 Å². The number of hydrogen-bond donors (Lipinski definition) is 1. The summed E-state index contributed by atoms with van der Waals surface area (Å²) in [5.74, 6) is -0.0101. The minimum Gasteiger partial charge on any atom is -0.496 e. The average Bonchev–Trinajstić information content (AvgIpc) is 2.73. The number of benzene rings is 2. The second kappa shape index (κ2) is 9.18. The van der Waals surface area contributed by atoms with E-state index < -0.39 is 15.6 Å². The number of sulfonamides is 1. The Morgan fingerprint density at radius 2 is 1.73 bits per heavy atom. The summed E-state index contributed by atoms with van der Waals surface area (Å²) in [5, 5.41) is 3.03. The summed E-state index contributed by atoms with van der Waals surface area (Å²) >= 11 is 0. The van der Waals surface area contributed by atoms with E-state index in [9.17, 15) is 13.2 Å². The van der Waals surface area contributed by atoms with Crippen LogP contribution in [0.25, 0.3) is 0 Å². The fourth-order valence-corrected chi connectivity index (χ4v) is 5.35. The van der Waals surface area contributed by atoms with Crippen molar-refractivity contribution in [3.8, 4) is 5.75 Å². The van der Waals surface area contributed by atoms with E-state index in [2.05, 4.69) is 5.32 Å². The van der Waals surface area contributed by atoms with Crippen molar-refractivity contribution in [2.75, 3.05) is 20.2 Å². The quantitative estimate of drug-likeness (QED) is 0.728. The van der Waals surface area contributed by atoms with Crippen LogP contribution in [0.3, 0.4) is 0 Å². The third kappa shape index (κ3) is 5.21. The Hall–Kier alpha value is -2.38. The zero-order valence-electron chi connectivity index (χ0n) is 17.8. The lowest BCUT2D eigenvalue weighted by Crippen LogP contribution is -2.45. The Morgan fingerprint density at radius 1 is 1.07 bits per heavy atom. The highest BCUT2D eigenvalue weighted by atomic mass is 32.2. The predicted molar refractivity (Wildman–Crippen MR) is 117 cm³/mol. The molecule has 1 heterocycles. The first-order chi connectivity index (χ1) is 14.2. The van der Waals surface area contributed by atoms with Crippen molar-refractivity contribution in [1.82, 2.24) is 9.62 Å². The van der Waals surface area contributed by atoms with Crippen LogP contribution in [-0.4, -0.2) is 44.4 Å². The molecule has 1 N–H and O–H groups in total. The molecule has 0 radical (unpaired) electrons. The van der Waals surface area contributed by atoms with E-state index in [0.717, 1.165) is 24.8 Å². The molecule has 0 aromatic heterocycles. The second-order valence-electron chi connectivity index (χ2n) is 8.33. The number of nitrogens with zero attached hydrogens (tertiary/aromatic N) is 1.